The molecule has 9 heteroatoms. The van der Waals surface area contributed by atoms with Gasteiger partial charge in [-0.05, 0) is 39.7 Å². The van der Waals surface area contributed by atoms with E-state index in [1.54, 1.807) is 24.4 Å². The number of halogens is 4. The molecule has 0 aliphatic heterocycles. The minimum absolute atomic E-state index is 0.109. The second kappa shape index (κ2) is 6.25. The van der Waals surface area contributed by atoms with E-state index in [4.69, 9.17) is 0 Å². The van der Waals surface area contributed by atoms with E-state index < -0.39 is 11.9 Å². The summed E-state index contributed by atoms with van der Waals surface area (Å²) in [5.41, 5.74) is 0.495. The molecular formula is C14H8BrF3N4S. The molecule has 0 bridgehead atoms. The summed E-state index contributed by atoms with van der Waals surface area (Å²) in [5.74, 6) is -0.109. The van der Waals surface area contributed by atoms with Crippen LogP contribution in [0.3, 0.4) is 0 Å². The summed E-state index contributed by atoms with van der Waals surface area (Å²) >= 11 is 4.75. The van der Waals surface area contributed by atoms with Gasteiger partial charge in [0.05, 0.1) is 4.88 Å². The Morgan fingerprint density at radius 3 is 2.65 bits per heavy atom. The lowest BCUT2D eigenvalue weighted by Gasteiger charge is -2.09. The molecule has 0 fully saturated rings. The molecule has 4 nitrogen and oxygen atoms in total. The minimum Gasteiger partial charge on any atom is -0.324 e. The van der Waals surface area contributed by atoms with Crippen LogP contribution in [0, 0.1) is 0 Å². The molecule has 0 aliphatic carbocycles. The minimum atomic E-state index is -4.50. The average Bonchev–Trinajstić information content (AvgIpc) is 2.94. The molecule has 0 aliphatic rings. The molecule has 0 amide bonds. The number of thiazole rings is 1. The first-order chi connectivity index (χ1) is 10.9. The third-order valence-corrected chi connectivity index (χ3v) is 4.35. The molecule has 23 heavy (non-hydrogen) atoms. The molecule has 0 saturated carbocycles. The zero-order valence-electron chi connectivity index (χ0n) is 11.3. The van der Waals surface area contributed by atoms with Gasteiger partial charge in [-0.3, -0.25) is 0 Å². The average molecular weight is 401 g/mol. The number of aromatic nitrogens is 3. The molecule has 2 heterocycles. The fourth-order valence-electron chi connectivity index (χ4n) is 1.84. The van der Waals surface area contributed by atoms with Crippen molar-refractivity contribution in [2.75, 3.05) is 5.32 Å². The molecule has 3 rings (SSSR count). The van der Waals surface area contributed by atoms with Gasteiger partial charge in [0.2, 0.25) is 5.95 Å². The molecule has 0 spiro atoms. The fourth-order valence-corrected chi connectivity index (χ4v) is 3.11. The summed E-state index contributed by atoms with van der Waals surface area (Å²) in [6, 6.07) is 8.03. The normalized spacial score (nSPS) is 11.5. The van der Waals surface area contributed by atoms with Gasteiger partial charge in [0.1, 0.15) is 5.69 Å². The molecule has 2 aromatic heterocycles. The predicted molar refractivity (Wildman–Crippen MR) is 85.6 cm³/mol. The van der Waals surface area contributed by atoms with E-state index >= 15 is 0 Å². The fraction of sp³-hybridized carbons (Fsp3) is 0.0714. The Kier molecular flexibility index (Phi) is 4.31. The van der Waals surface area contributed by atoms with Crippen molar-refractivity contribution >= 4 is 38.9 Å². The van der Waals surface area contributed by atoms with Gasteiger partial charge in [-0.25, -0.2) is 15.0 Å². The first-order valence-electron chi connectivity index (χ1n) is 6.31. The van der Waals surface area contributed by atoms with Crippen molar-refractivity contribution in [3.05, 3.63) is 52.3 Å². The Hall–Kier alpha value is -2.00. The van der Waals surface area contributed by atoms with Crippen molar-refractivity contribution in [3.63, 3.8) is 0 Å². The molecular weight excluding hydrogens is 393 g/mol. The summed E-state index contributed by atoms with van der Waals surface area (Å²) in [4.78, 5) is 12.3. The van der Waals surface area contributed by atoms with Crippen molar-refractivity contribution in [1.82, 2.24) is 15.0 Å². The third-order valence-electron chi connectivity index (χ3n) is 2.83. The lowest BCUT2D eigenvalue weighted by molar-refractivity contribution is -0.141. The van der Waals surface area contributed by atoms with E-state index in [1.165, 1.54) is 11.3 Å². The van der Waals surface area contributed by atoms with Crippen LogP contribution in [0.4, 0.5) is 24.8 Å². The lowest BCUT2D eigenvalue weighted by Crippen LogP contribution is -2.10. The SMILES string of the molecule is FC(F)(F)c1ccnc(Nc2cccc(-c3cnc(Br)s3)c2)n1. The highest BCUT2D eigenvalue weighted by atomic mass is 79.9. The first-order valence-corrected chi connectivity index (χ1v) is 7.92. The molecule has 0 radical (unpaired) electrons. The molecule has 1 aromatic carbocycles. The highest BCUT2D eigenvalue weighted by Gasteiger charge is 2.32. The van der Waals surface area contributed by atoms with Crippen molar-refractivity contribution in [2.45, 2.75) is 6.18 Å². The maximum atomic E-state index is 12.7. The van der Waals surface area contributed by atoms with E-state index in [-0.39, 0.29) is 5.95 Å². The Balaban J connectivity index is 1.86. The van der Waals surface area contributed by atoms with Crippen molar-refractivity contribution in [1.29, 1.82) is 0 Å². The summed E-state index contributed by atoms with van der Waals surface area (Å²) in [5, 5.41) is 2.78. The summed E-state index contributed by atoms with van der Waals surface area (Å²) < 4.78 is 38.8. The third kappa shape index (κ3) is 3.85. The van der Waals surface area contributed by atoms with Crippen molar-refractivity contribution in [3.8, 4) is 10.4 Å². The molecule has 1 N–H and O–H groups in total. The van der Waals surface area contributed by atoms with E-state index in [2.05, 4.69) is 36.2 Å². The standard InChI is InChI=1S/C14H8BrF3N4S/c15-12-20-7-10(23-12)8-2-1-3-9(6-8)21-13-19-5-4-11(22-13)14(16,17)18/h1-7H,(H,19,21,22). The molecule has 0 saturated heterocycles. The number of rotatable bonds is 3. The highest BCUT2D eigenvalue weighted by Crippen LogP contribution is 2.31. The number of alkyl halides is 3. The number of anilines is 2. The van der Waals surface area contributed by atoms with Gasteiger partial charge < -0.3 is 5.32 Å². The predicted octanol–water partition coefficient (Wildman–Crippen LogP) is 5.13. The molecule has 118 valence electrons. The van der Waals surface area contributed by atoms with Gasteiger partial charge in [-0.2, -0.15) is 13.2 Å². The Bertz CT molecular complexity index is 835. The first kappa shape index (κ1) is 15.9. The van der Waals surface area contributed by atoms with Crippen molar-refractivity contribution in [2.24, 2.45) is 0 Å². The second-order valence-corrected chi connectivity index (χ2v) is 6.75. The van der Waals surface area contributed by atoms with E-state index in [0.717, 1.165) is 26.6 Å². The van der Waals surface area contributed by atoms with E-state index in [0.29, 0.717) is 5.69 Å². The van der Waals surface area contributed by atoms with Crippen LogP contribution in [0.15, 0.2) is 46.6 Å². The molecule has 0 atom stereocenters. The highest BCUT2D eigenvalue weighted by molar-refractivity contribution is 9.11. The van der Waals surface area contributed by atoms with Crippen LogP contribution >= 0.6 is 27.3 Å². The molecule has 0 unspecified atom stereocenters. The summed E-state index contributed by atoms with van der Waals surface area (Å²) in [6.07, 6.45) is -1.72. The number of nitrogens with zero attached hydrogens (tertiary/aromatic N) is 3. The van der Waals surface area contributed by atoms with Gasteiger partial charge in [-0.15, -0.1) is 11.3 Å². The van der Waals surface area contributed by atoms with E-state index in [1.807, 2.05) is 6.07 Å². The van der Waals surface area contributed by atoms with Crippen molar-refractivity contribution < 1.29 is 13.2 Å². The van der Waals surface area contributed by atoms with Crippen LogP contribution in [0.1, 0.15) is 5.69 Å². The maximum absolute atomic E-state index is 12.7. The van der Waals surface area contributed by atoms with Crippen LogP contribution in [0.25, 0.3) is 10.4 Å². The van der Waals surface area contributed by atoms with Crippen LogP contribution in [-0.2, 0) is 6.18 Å². The quantitative estimate of drug-likeness (QED) is 0.662. The Morgan fingerprint density at radius 1 is 1.13 bits per heavy atom. The topological polar surface area (TPSA) is 50.7 Å². The van der Waals surface area contributed by atoms with Gasteiger partial charge in [0.15, 0.2) is 3.92 Å². The van der Waals surface area contributed by atoms with Crippen LogP contribution in [-0.4, -0.2) is 15.0 Å². The second-order valence-electron chi connectivity index (χ2n) is 4.45. The number of hydrogen-bond donors (Lipinski definition) is 1. The zero-order valence-corrected chi connectivity index (χ0v) is 13.7. The van der Waals surface area contributed by atoms with Gasteiger partial charge in [0.25, 0.3) is 0 Å². The lowest BCUT2D eigenvalue weighted by atomic mass is 10.2. The Morgan fingerprint density at radius 2 is 1.96 bits per heavy atom. The maximum Gasteiger partial charge on any atom is 0.433 e. The van der Waals surface area contributed by atoms with Gasteiger partial charge in [0, 0.05) is 18.1 Å². The molecule has 3 aromatic rings. The smallest absolute Gasteiger partial charge is 0.324 e. The zero-order chi connectivity index (χ0) is 16.4. The largest absolute Gasteiger partial charge is 0.433 e. The monoisotopic (exact) mass is 400 g/mol. The van der Waals surface area contributed by atoms with Gasteiger partial charge in [-0.1, -0.05) is 12.1 Å². The van der Waals surface area contributed by atoms with Crippen LogP contribution in [0.5, 0.6) is 0 Å². The Labute approximate surface area is 141 Å². The van der Waals surface area contributed by atoms with Crippen LogP contribution < -0.4 is 5.32 Å². The number of hydrogen-bond acceptors (Lipinski definition) is 5. The summed E-state index contributed by atoms with van der Waals surface area (Å²) in [7, 11) is 0. The number of benzene rings is 1. The summed E-state index contributed by atoms with van der Waals surface area (Å²) in [6.45, 7) is 0. The van der Waals surface area contributed by atoms with Gasteiger partial charge >= 0.3 is 6.18 Å². The number of nitrogens with one attached hydrogen (secondary N) is 1. The van der Waals surface area contributed by atoms with Crippen LogP contribution in [0.2, 0.25) is 0 Å². The van der Waals surface area contributed by atoms with E-state index in [9.17, 15) is 13.2 Å².